The first kappa shape index (κ1) is 18.9. The van der Waals surface area contributed by atoms with E-state index in [0.29, 0.717) is 11.5 Å². The number of nitrogens with two attached hydrogens (primary N) is 1. The largest absolute Gasteiger partial charge is 0.435 e. The van der Waals surface area contributed by atoms with E-state index in [0.717, 1.165) is 11.0 Å². The van der Waals surface area contributed by atoms with Gasteiger partial charge in [-0.3, -0.25) is 4.79 Å². The third-order valence-corrected chi connectivity index (χ3v) is 3.85. The van der Waals surface area contributed by atoms with Gasteiger partial charge in [-0.1, -0.05) is 28.1 Å². The Morgan fingerprint density at radius 2 is 1.88 bits per heavy atom. The highest BCUT2D eigenvalue weighted by Gasteiger charge is 2.06. The summed E-state index contributed by atoms with van der Waals surface area (Å²) in [6, 6.07) is 13.4. The Morgan fingerprint density at radius 1 is 1.24 bits per heavy atom. The Labute approximate surface area is 151 Å². The van der Waals surface area contributed by atoms with Crippen molar-refractivity contribution < 1.29 is 18.3 Å². The smallest absolute Gasteiger partial charge is 0.387 e. The van der Waals surface area contributed by atoms with Crippen LogP contribution in [0.3, 0.4) is 0 Å². The molecule has 1 heterocycles. The predicted molar refractivity (Wildman–Crippen MR) is 96.3 cm³/mol. The fourth-order valence-corrected chi connectivity index (χ4v) is 2.39. The van der Waals surface area contributed by atoms with Crippen LogP contribution in [0.5, 0.6) is 5.75 Å². The monoisotopic (exact) mass is 411 g/mol. The number of imidazole rings is 1. The van der Waals surface area contributed by atoms with Crippen molar-refractivity contribution in [1.29, 1.82) is 0 Å². The Balaban J connectivity index is 0.000000185. The van der Waals surface area contributed by atoms with Crippen LogP contribution in [-0.2, 0) is 7.05 Å². The van der Waals surface area contributed by atoms with Crippen molar-refractivity contribution in [2.24, 2.45) is 7.05 Å². The number of ether oxygens (including phenoxy) is 1. The first-order chi connectivity index (χ1) is 11.9. The number of aromatic nitrogens is 2. The van der Waals surface area contributed by atoms with E-state index in [4.69, 9.17) is 5.73 Å². The van der Waals surface area contributed by atoms with Gasteiger partial charge in [0.05, 0.1) is 16.4 Å². The summed E-state index contributed by atoms with van der Waals surface area (Å²) in [4.78, 5) is 15.3. The van der Waals surface area contributed by atoms with E-state index in [-0.39, 0.29) is 16.9 Å². The molecule has 3 aromatic rings. The van der Waals surface area contributed by atoms with Crippen LogP contribution in [0.4, 0.5) is 14.7 Å². The number of aryl methyl sites for hydroxylation is 1. The minimum atomic E-state index is -2.84. The van der Waals surface area contributed by atoms with Gasteiger partial charge in [0, 0.05) is 12.6 Å². The number of anilines is 1. The van der Waals surface area contributed by atoms with Crippen molar-refractivity contribution in [1.82, 2.24) is 9.55 Å². The molecule has 3 rings (SSSR count). The van der Waals surface area contributed by atoms with Gasteiger partial charge in [-0.25, -0.2) is 4.98 Å². The van der Waals surface area contributed by atoms with E-state index in [2.05, 4.69) is 25.7 Å². The maximum Gasteiger partial charge on any atom is 0.387 e. The number of nitrogens with zero attached hydrogens (tertiary/aromatic N) is 2. The molecule has 5 nitrogen and oxygen atoms in total. The molecule has 25 heavy (non-hydrogen) atoms. The Morgan fingerprint density at radius 3 is 2.44 bits per heavy atom. The summed E-state index contributed by atoms with van der Waals surface area (Å²) in [5, 5.41) is 0.210. The molecule has 0 atom stereocenters. The maximum absolute atomic E-state index is 11.7. The van der Waals surface area contributed by atoms with Crippen LogP contribution in [0.1, 0.15) is 10.4 Å². The van der Waals surface area contributed by atoms with Crippen molar-refractivity contribution in [3.8, 4) is 5.75 Å². The minimum absolute atomic E-state index is 0.0473. The molecule has 0 fully saturated rings. The number of hydrogen-bond acceptors (Lipinski definition) is 4. The molecule has 132 valence electrons. The van der Waals surface area contributed by atoms with Crippen LogP contribution in [0.15, 0.2) is 48.5 Å². The summed E-state index contributed by atoms with van der Waals surface area (Å²) in [5.41, 5.74) is 8.09. The number of carbonyl (C=O) groups is 1. The van der Waals surface area contributed by atoms with Gasteiger partial charge in [-0.2, -0.15) is 8.78 Å². The summed E-state index contributed by atoms with van der Waals surface area (Å²) in [5.74, 6) is 0.505. The minimum Gasteiger partial charge on any atom is -0.435 e. The number of halogens is 3. The number of alkyl halides is 3. The number of para-hydroxylation sites is 2. The molecule has 0 radical (unpaired) electrons. The Bertz CT molecular complexity index is 851. The van der Waals surface area contributed by atoms with E-state index in [1.54, 1.807) is 0 Å². The molecule has 0 spiro atoms. The van der Waals surface area contributed by atoms with Crippen LogP contribution in [0.2, 0.25) is 0 Å². The quantitative estimate of drug-likeness (QED) is 0.519. The summed E-state index contributed by atoms with van der Waals surface area (Å²) in [6.07, 6.45) is 0. The average molecular weight is 412 g/mol. The first-order valence-electron chi connectivity index (χ1n) is 7.23. The molecular weight excluding hydrogens is 396 g/mol. The van der Waals surface area contributed by atoms with E-state index in [9.17, 15) is 13.6 Å². The average Bonchev–Trinajstić information content (AvgIpc) is 2.90. The zero-order chi connectivity index (χ0) is 18.4. The zero-order valence-electron chi connectivity index (χ0n) is 13.3. The van der Waals surface area contributed by atoms with Gasteiger partial charge >= 0.3 is 6.61 Å². The molecule has 0 aliphatic carbocycles. The molecule has 0 saturated carbocycles. The van der Waals surface area contributed by atoms with Gasteiger partial charge in [0.1, 0.15) is 5.75 Å². The topological polar surface area (TPSA) is 70.1 Å². The van der Waals surface area contributed by atoms with Crippen molar-refractivity contribution in [2.75, 3.05) is 11.1 Å². The second-order valence-electron chi connectivity index (χ2n) is 4.98. The number of ketones is 1. The zero-order valence-corrected chi connectivity index (χ0v) is 14.9. The number of fused-ring (bicyclic) bond motifs is 1. The van der Waals surface area contributed by atoms with E-state index in [1.807, 2.05) is 35.9 Å². The molecule has 0 aliphatic rings. The molecule has 0 bridgehead atoms. The van der Waals surface area contributed by atoms with Crippen molar-refractivity contribution in [3.63, 3.8) is 0 Å². The summed E-state index contributed by atoms with van der Waals surface area (Å²) >= 11 is 3.01. The van der Waals surface area contributed by atoms with Gasteiger partial charge in [0.15, 0.2) is 5.78 Å². The van der Waals surface area contributed by atoms with Gasteiger partial charge in [0.25, 0.3) is 0 Å². The summed E-state index contributed by atoms with van der Waals surface area (Å²) in [6.45, 7) is -2.84. The second-order valence-corrected chi connectivity index (χ2v) is 5.54. The van der Waals surface area contributed by atoms with Crippen molar-refractivity contribution in [2.45, 2.75) is 6.61 Å². The molecule has 0 aliphatic heterocycles. The third-order valence-electron chi connectivity index (χ3n) is 3.34. The predicted octanol–water partition coefficient (Wildman–Crippen LogP) is 4.02. The van der Waals surface area contributed by atoms with Gasteiger partial charge in [-0.15, -0.1) is 0 Å². The fourth-order valence-electron chi connectivity index (χ4n) is 2.06. The van der Waals surface area contributed by atoms with Crippen molar-refractivity contribution in [3.05, 3.63) is 54.1 Å². The molecule has 0 amide bonds. The number of carbonyl (C=O) groups excluding carboxylic acids is 1. The lowest BCUT2D eigenvalue weighted by Gasteiger charge is -2.04. The lowest BCUT2D eigenvalue weighted by Crippen LogP contribution is -2.03. The lowest BCUT2D eigenvalue weighted by atomic mass is 10.1. The van der Waals surface area contributed by atoms with E-state index < -0.39 is 6.61 Å². The van der Waals surface area contributed by atoms with Gasteiger partial charge < -0.3 is 15.0 Å². The number of rotatable bonds is 4. The van der Waals surface area contributed by atoms with E-state index in [1.165, 1.54) is 24.3 Å². The fraction of sp³-hybridized carbons (Fsp3) is 0.176. The third kappa shape index (κ3) is 4.99. The van der Waals surface area contributed by atoms with Crippen LogP contribution in [0.25, 0.3) is 11.0 Å². The Hall–Kier alpha value is -2.48. The van der Waals surface area contributed by atoms with E-state index >= 15 is 0 Å². The molecule has 1 aromatic heterocycles. The molecule has 2 N–H and O–H groups in total. The number of benzene rings is 2. The van der Waals surface area contributed by atoms with Gasteiger partial charge in [0.2, 0.25) is 5.95 Å². The number of Topliss-reactive ketones (excluding diaryl/α,β-unsaturated/α-hetero) is 1. The van der Waals surface area contributed by atoms with Gasteiger partial charge in [-0.05, 0) is 36.4 Å². The lowest BCUT2D eigenvalue weighted by molar-refractivity contribution is -0.0498. The maximum atomic E-state index is 11.7. The molecular formula is C17H16BrF2N3O2. The van der Waals surface area contributed by atoms with Crippen LogP contribution < -0.4 is 10.5 Å². The second kappa shape index (κ2) is 8.57. The number of nitrogen functional groups attached to an aromatic ring is 1. The Kier molecular flexibility index (Phi) is 6.46. The normalized spacial score (nSPS) is 10.4. The van der Waals surface area contributed by atoms with Crippen LogP contribution in [-0.4, -0.2) is 27.3 Å². The van der Waals surface area contributed by atoms with Crippen molar-refractivity contribution >= 4 is 38.7 Å². The SMILES string of the molecule is Cn1c(N)nc2ccccc21.O=C(CBr)c1ccc(OC(F)F)cc1. The summed E-state index contributed by atoms with van der Waals surface area (Å²) < 4.78 is 29.5. The highest BCUT2D eigenvalue weighted by atomic mass is 79.9. The molecule has 8 heteroatoms. The highest BCUT2D eigenvalue weighted by Crippen LogP contribution is 2.16. The standard InChI is InChI=1S/C9H7BrF2O2.C8H9N3/c10-5-8(13)6-1-3-7(4-2-6)14-9(11)12;1-11-7-5-3-2-4-6(7)10-8(11)9/h1-4,9H,5H2;2-5H,1H3,(H2,9,10). The first-order valence-corrected chi connectivity index (χ1v) is 8.35. The number of hydrogen-bond donors (Lipinski definition) is 1. The van der Waals surface area contributed by atoms with Crippen LogP contribution >= 0.6 is 15.9 Å². The molecule has 0 unspecified atom stereocenters. The molecule has 0 saturated heterocycles. The summed E-state index contributed by atoms with van der Waals surface area (Å²) in [7, 11) is 1.91. The highest BCUT2D eigenvalue weighted by molar-refractivity contribution is 9.09. The molecule has 2 aromatic carbocycles. The van der Waals surface area contributed by atoms with Crippen LogP contribution in [0, 0.1) is 0 Å².